The molecule has 0 spiro atoms. The monoisotopic (exact) mass is 1650 g/mol. The molecule has 4 aliphatic rings. The number of hydrogen-bond donors (Lipinski definition) is 8. The van der Waals surface area contributed by atoms with E-state index < -0.39 is 0 Å². The summed E-state index contributed by atoms with van der Waals surface area (Å²) < 4.78 is 40.8. The van der Waals surface area contributed by atoms with Gasteiger partial charge in [0.1, 0.15) is 67.0 Å². The Hall–Kier alpha value is -13.0. The van der Waals surface area contributed by atoms with Crippen LogP contribution in [0.15, 0.2) is 147 Å². The van der Waals surface area contributed by atoms with Crippen LogP contribution in [0.25, 0.3) is 76.8 Å². The van der Waals surface area contributed by atoms with Crippen LogP contribution in [0.4, 0.5) is 55.0 Å². The summed E-state index contributed by atoms with van der Waals surface area (Å²) in [6, 6.07) is 27.4. The highest BCUT2D eigenvalue weighted by atomic mass is 32.1. The summed E-state index contributed by atoms with van der Waals surface area (Å²) in [6.07, 6.45) is 27.7. The lowest BCUT2D eigenvalue weighted by Crippen LogP contribution is -2.29. The van der Waals surface area contributed by atoms with Crippen molar-refractivity contribution in [2.45, 2.75) is 122 Å². The van der Waals surface area contributed by atoms with Gasteiger partial charge in [-0.3, -0.25) is 0 Å². The highest BCUT2D eigenvalue weighted by molar-refractivity contribution is 7.11. The molecular formula is C82H80N28O4S4. The van der Waals surface area contributed by atoms with Crippen molar-refractivity contribution in [2.75, 3.05) is 60.5 Å². The second kappa shape index (κ2) is 35.2. The number of pyridine rings is 1. The number of furan rings is 3. The van der Waals surface area contributed by atoms with E-state index in [4.69, 9.17) is 56.8 Å². The second-order valence-electron chi connectivity index (χ2n) is 29.3. The largest absolute Gasteiger partial charge is 0.486 e. The summed E-state index contributed by atoms with van der Waals surface area (Å²) in [5.74, 6) is 5.91. The van der Waals surface area contributed by atoms with Gasteiger partial charge in [-0.2, -0.15) is 70.9 Å². The van der Waals surface area contributed by atoms with Gasteiger partial charge in [-0.05, 0) is 199 Å². The smallest absolute Gasteiger partial charge is 0.346 e. The Morgan fingerprint density at radius 3 is 1.13 bits per heavy atom. The molecule has 3 atom stereocenters. The van der Waals surface area contributed by atoms with E-state index in [9.17, 15) is 0 Å². The Morgan fingerprint density at radius 2 is 0.814 bits per heavy atom. The number of hydrogen-bond acceptors (Lipinski definition) is 30. The molecule has 0 aromatic carbocycles. The first-order valence-electron chi connectivity index (χ1n) is 38.9. The van der Waals surface area contributed by atoms with E-state index >= 15 is 0 Å². The fourth-order valence-electron chi connectivity index (χ4n) is 15.1. The minimum absolute atomic E-state index is 0.255. The van der Waals surface area contributed by atoms with Crippen LogP contribution in [-0.4, -0.2) is 132 Å². The summed E-state index contributed by atoms with van der Waals surface area (Å²) >= 11 is 5.70. The zero-order valence-electron chi connectivity index (χ0n) is 64.7. The van der Waals surface area contributed by atoms with Gasteiger partial charge in [0.15, 0.2) is 22.6 Å². The zero-order valence-corrected chi connectivity index (χ0v) is 68.0. The SMILES string of the molecule is Cc1cc(Nc2cc(C3CCCNC3)nc3c(-c4ccc(C#N)nc4)cnn23)sn1.Cc1cc(Nc2cc(C3CCCNC3)nc3c(-c4coc(C=NO)c4)cnn23)sn1.[C-]#[N+]c1cc(-c2cnn3c(Nc4cc(C)ns4)cc(C4CCCCC4)nc23)co1.[C-]#[N+]c1cc(-c2cnn3c(Nc4cc(C)ns4)cc(C4CCCNC4)nc23)co1. The maximum atomic E-state index is 9.03. The minimum atomic E-state index is 0.255. The molecular weight excluding hydrogens is 1570 g/mol. The van der Waals surface area contributed by atoms with Crippen LogP contribution >= 0.6 is 46.1 Å². The van der Waals surface area contributed by atoms with Gasteiger partial charge < -0.3 is 55.7 Å². The van der Waals surface area contributed by atoms with Crippen LogP contribution < -0.4 is 37.2 Å². The summed E-state index contributed by atoms with van der Waals surface area (Å²) in [6.45, 7) is 28.1. The van der Waals surface area contributed by atoms with Crippen LogP contribution in [-0.2, 0) is 0 Å². The Morgan fingerprint density at radius 1 is 0.458 bits per heavy atom. The summed E-state index contributed by atoms with van der Waals surface area (Å²) in [5, 5.41) is 67.2. The molecule has 0 bridgehead atoms. The first kappa shape index (κ1) is 77.6. The number of nitrogens with one attached hydrogen (secondary N) is 7. The maximum absolute atomic E-state index is 9.03. The van der Waals surface area contributed by atoms with Gasteiger partial charge in [-0.15, -0.1) is 0 Å². The van der Waals surface area contributed by atoms with Crippen molar-refractivity contribution < 1.29 is 18.5 Å². The van der Waals surface area contributed by atoms with Gasteiger partial charge in [0.2, 0.25) is 0 Å². The molecule has 16 aromatic heterocycles. The zero-order chi connectivity index (χ0) is 80.6. The number of aromatic nitrogens is 17. The average Bonchev–Trinajstić information content (AvgIpc) is 1.63. The van der Waals surface area contributed by atoms with Crippen LogP contribution in [0.5, 0.6) is 0 Å². The van der Waals surface area contributed by atoms with E-state index in [1.807, 2.05) is 67.1 Å². The molecule has 16 aromatic rings. The summed E-state index contributed by atoms with van der Waals surface area (Å²) in [5.41, 5.74) is 18.3. The number of rotatable bonds is 17. The molecule has 4 fully saturated rings. The summed E-state index contributed by atoms with van der Waals surface area (Å²) in [4.78, 5) is 30.9. The third-order valence-corrected chi connectivity index (χ3v) is 24.2. The molecule has 596 valence electrons. The van der Waals surface area contributed by atoms with Crippen molar-refractivity contribution in [3.8, 4) is 50.6 Å². The third kappa shape index (κ3) is 17.3. The van der Waals surface area contributed by atoms with Gasteiger partial charge in [-0.1, -0.05) is 24.4 Å². The normalized spacial score (nSPS) is 16.3. The molecule has 3 aliphatic heterocycles. The molecule has 32 nitrogen and oxygen atoms in total. The minimum Gasteiger partial charge on any atom is -0.486 e. The molecule has 3 saturated heterocycles. The number of piperidine rings is 3. The molecule has 3 unspecified atom stereocenters. The summed E-state index contributed by atoms with van der Waals surface area (Å²) in [7, 11) is 0. The van der Waals surface area contributed by atoms with Crippen molar-refractivity contribution in [3.05, 3.63) is 208 Å². The number of aryl methyl sites for hydroxylation is 4. The van der Waals surface area contributed by atoms with Crippen molar-refractivity contribution in [3.63, 3.8) is 0 Å². The maximum Gasteiger partial charge on any atom is 0.346 e. The van der Waals surface area contributed by atoms with Crippen LogP contribution in [0.3, 0.4) is 0 Å². The van der Waals surface area contributed by atoms with Crippen molar-refractivity contribution in [1.82, 2.24) is 96.8 Å². The van der Waals surface area contributed by atoms with E-state index in [0.29, 0.717) is 35.1 Å². The van der Waals surface area contributed by atoms with E-state index in [2.05, 4.69) is 125 Å². The van der Waals surface area contributed by atoms with Crippen molar-refractivity contribution in [1.29, 1.82) is 5.26 Å². The first-order valence-corrected chi connectivity index (χ1v) is 42.0. The van der Waals surface area contributed by atoms with E-state index in [0.717, 1.165) is 234 Å². The number of nitrogens with zero attached hydrogens (tertiary/aromatic N) is 21. The van der Waals surface area contributed by atoms with Gasteiger partial charge in [0.05, 0.1) is 96.6 Å². The Bertz CT molecular complexity index is 6190. The lowest BCUT2D eigenvalue weighted by molar-refractivity contribution is 0.320. The van der Waals surface area contributed by atoms with E-state index in [1.165, 1.54) is 84.4 Å². The highest BCUT2D eigenvalue weighted by Gasteiger charge is 2.28. The van der Waals surface area contributed by atoms with Gasteiger partial charge in [0, 0.05) is 124 Å². The van der Waals surface area contributed by atoms with E-state index in [-0.39, 0.29) is 11.8 Å². The lowest BCUT2D eigenvalue weighted by atomic mass is 9.87. The number of fused-ring (bicyclic) bond motifs is 4. The Kier molecular flexibility index (Phi) is 23.2. The van der Waals surface area contributed by atoms with Crippen molar-refractivity contribution >= 4 is 130 Å². The van der Waals surface area contributed by atoms with E-state index in [1.54, 1.807) is 83.1 Å². The predicted molar refractivity (Wildman–Crippen MR) is 456 cm³/mol. The van der Waals surface area contributed by atoms with Crippen LogP contribution in [0.2, 0.25) is 0 Å². The topological polar surface area (TPSA) is 374 Å². The third-order valence-electron chi connectivity index (χ3n) is 21.0. The predicted octanol–water partition coefficient (Wildman–Crippen LogP) is 18.0. The first-order chi connectivity index (χ1) is 57.8. The Labute approximate surface area is 692 Å². The standard InChI is InChI=1S/C21H20N8S.C21H20N6OS.C20H21N7O2S.C20H19N7OS/c1-13-7-20(30-28-13)27-19-8-18(15-3-2-6-23-10-15)26-21-17(12-25-29(19)21)14-4-5-16(9-22)24-11-14;1-13-8-20(29-26-13)25-18-10-17(14-6-4-3-5-7-14)24-21-16(11-23-27(18)21)15-9-19(22-2)28-12-15;1-12-5-19(30-26-12)25-18-7-17(13-3-2-4-21-8-13)24-20-16(10-22-27(18)20)14-6-15(9-23-28)29-11-14;1-12-6-19(29-26-12)25-17-8-16(13-4-3-5-22-9-13)24-20-15(10-23-27(17)20)14-7-18(21-2)28-11-14/h4-5,7-8,11-12,15,23,27H,2-3,6,10H2,1H3;8-12,14,25H,3-7H2,1H3;5-7,9-11,13,21,25,28H,2-4,8H2,1H3;6-8,10-11,13,22,25H,3-5,9H2,1H3. The number of anilines is 8. The quantitative estimate of drug-likeness (QED) is 0.0182. The van der Waals surface area contributed by atoms with Gasteiger partial charge >= 0.3 is 11.8 Å². The Balaban J connectivity index is 0.000000113. The fraction of sp³-hybridized carbons (Fsp3) is 0.305. The molecule has 36 heteroatoms. The van der Waals surface area contributed by atoms with Crippen LogP contribution in [0, 0.1) is 52.2 Å². The number of oxime groups is 1. The highest BCUT2D eigenvalue weighted by Crippen LogP contribution is 2.41. The number of nitriles is 1. The average molecular weight is 1650 g/mol. The van der Waals surface area contributed by atoms with Gasteiger partial charge in [0.25, 0.3) is 0 Å². The molecule has 1 saturated carbocycles. The molecule has 20 rings (SSSR count). The second-order valence-corrected chi connectivity index (χ2v) is 32.6. The van der Waals surface area contributed by atoms with Gasteiger partial charge in [-0.25, -0.2) is 24.9 Å². The molecule has 118 heavy (non-hydrogen) atoms. The molecule has 0 radical (unpaired) electrons. The molecule has 8 N–H and O–H groups in total. The molecule has 0 amide bonds. The van der Waals surface area contributed by atoms with Crippen LogP contribution in [0.1, 0.15) is 151 Å². The lowest BCUT2D eigenvalue weighted by Gasteiger charge is -2.23. The fourth-order valence-corrected chi connectivity index (χ4v) is 17.8. The molecule has 19 heterocycles. The van der Waals surface area contributed by atoms with Crippen molar-refractivity contribution in [2.24, 2.45) is 5.16 Å². The molecule has 1 aliphatic carbocycles.